The van der Waals surface area contributed by atoms with E-state index in [-0.39, 0.29) is 30.2 Å². The fourth-order valence-electron chi connectivity index (χ4n) is 5.38. The SMILES string of the molecule is CCCNCc1cccc(-c2cc3nccc(Oc4ccc(CC(=O)C5(C(=O)Cc6ccccc6)CC5)cc4F)c3s2)c1. The summed E-state index contributed by atoms with van der Waals surface area (Å²) in [7, 11) is 0. The standard InChI is InChI=1S/C36H33FN2O3S/c1-2-16-38-23-26-9-6-10-27(18-26)32-22-29-35(43-32)31(13-17-39-29)42-30-12-11-25(19-28(30)37)21-34(41)36(14-15-36)33(40)20-24-7-4-3-5-8-24/h3-13,17-19,22,38H,2,14-16,20-21,23H2,1H3. The molecule has 0 aliphatic heterocycles. The summed E-state index contributed by atoms with van der Waals surface area (Å²) in [6, 6.07) is 26.2. The maximum Gasteiger partial charge on any atom is 0.166 e. The third-order valence-electron chi connectivity index (χ3n) is 7.95. The third kappa shape index (κ3) is 6.43. The number of ether oxygens (including phenoxy) is 1. The van der Waals surface area contributed by atoms with Crippen molar-refractivity contribution in [2.75, 3.05) is 6.54 Å². The molecule has 6 rings (SSSR count). The van der Waals surface area contributed by atoms with Gasteiger partial charge >= 0.3 is 0 Å². The predicted molar refractivity (Wildman–Crippen MR) is 169 cm³/mol. The first kappa shape index (κ1) is 28.9. The molecule has 1 aliphatic rings. The number of nitrogens with zero attached hydrogens (tertiary/aromatic N) is 1. The van der Waals surface area contributed by atoms with Crippen LogP contribution in [0.3, 0.4) is 0 Å². The number of carbonyl (C=O) groups excluding carboxylic acids is 2. The van der Waals surface area contributed by atoms with Crippen LogP contribution in [0, 0.1) is 11.2 Å². The van der Waals surface area contributed by atoms with E-state index in [4.69, 9.17) is 4.74 Å². The third-order valence-corrected chi connectivity index (χ3v) is 9.14. The molecular formula is C36H33FN2O3S. The first-order valence-electron chi connectivity index (χ1n) is 14.7. The molecule has 2 aromatic heterocycles. The molecule has 43 heavy (non-hydrogen) atoms. The van der Waals surface area contributed by atoms with Crippen LogP contribution >= 0.6 is 11.3 Å². The molecule has 1 N–H and O–H groups in total. The van der Waals surface area contributed by atoms with Gasteiger partial charge in [-0.05, 0) is 72.3 Å². The maximum absolute atomic E-state index is 15.3. The summed E-state index contributed by atoms with van der Waals surface area (Å²) in [6.07, 6.45) is 4.11. The molecule has 1 aliphatic carbocycles. The van der Waals surface area contributed by atoms with E-state index in [1.165, 1.54) is 11.6 Å². The largest absolute Gasteiger partial charge is 0.453 e. The van der Waals surface area contributed by atoms with Crippen molar-refractivity contribution in [3.63, 3.8) is 0 Å². The summed E-state index contributed by atoms with van der Waals surface area (Å²) in [5, 5.41) is 3.44. The zero-order valence-electron chi connectivity index (χ0n) is 24.1. The van der Waals surface area contributed by atoms with Gasteiger partial charge < -0.3 is 10.1 Å². The van der Waals surface area contributed by atoms with E-state index in [0.717, 1.165) is 45.7 Å². The van der Waals surface area contributed by atoms with Crippen LogP contribution < -0.4 is 10.1 Å². The highest BCUT2D eigenvalue weighted by Gasteiger charge is 2.54. The second-order valence-corrected chi connectivity index (χ2v) is 12.2. The minimum atomic E-state index is -0.938. The molecule has 0 radical (unpaired) electrons. The van der Waals surface area contributed by atoms with E-state index in [9.17, 15) is 9.59 Å². The van der Waals surface area contributed by atoms with Crippen molar-refractivity contribution >= 4 is 33.1 Å². The number of Topliss-reactive ketones (excluding diaryl/α,β-unsaturated/α-hetero) is 2. The molecule has 3 aromatic carbocycles. The summed E-state index contributed by atoms with van der Waals surface area (Å²) in [5.74, 6) is -0.161. The molecule has 7 heteroatoms. The van der Waals surface area contributed by atoms with E-state index in [2.05, 4.69) is 41.5 Å². The molecule has 0 unspecified atom stereocenters. The predicted octanol–water partition coefficient (Wildman–Crippen LogP) is 8.10. The monoisotopic (exact) mass is 592 g/mol. The fraction of sp³-hybridized carbons (Fsp3) is 0.250. The van der Waals surface area contributed by atoms with Gasteiger partial charge in [0.15, 0.2) is 23.1 Å². The van der Waals surface area contributed by atoms with Crippen molar-refractivity contribution in [1.82, 2.24) is 10.3 Å². The van der Waals surface area contributed by atoms with Crippen LogP contribution in [0.1, 0.15) is 42.9 Å². The highest BCUT2D eigenvalue weighted by molar-refractivity contribution is 7.22. The zero-order chi connectivity index (χ0) is 29.8. The smallest absolute Gasteiger partial charge is 0.166 e. The molecule has 0 amide bonds. The molecule has 0 atom stereocenters. The lowest BCUT2D eigenvalue weighted by Gasteiger charge is -2.14. The van der Waals surface area contributed by atoms with Crippen molar-refractivity contribution in [3.05, 3.63) is 114 Å². The van der Waals surface area contributed by atoms with Crippen molar-refractivity contribution in [1.29, 1.82) is 0 Å². The van der Waals surface area contributed by atoms with E-state index >= 15 is 4.39 Å². The average Bonchev–Trinajstić information content (AvgIpc) is 3.72. The molecule has 5 aromatic rings. The van der Waals surface area contributed by atoms with Crippen LogP contribution in [-0.4, -0.2) is 23.1 Å². The molecule has 0 spiro atoms. The Morgan fingerprint density at radius 2 is 1.65 bits per heavy atom. The van der Waals surface area contributed by atoms with Gasteiger partial charge in [-0.15, -0.1) is 11.3 Å². The molecule has 1 saturated carbocycles. The second kappa shape index (κ2) is 12.6. The van der Waals surface area contributed by atoms with Gasteiger partial charge in [0.25, 0.3) is 0 Å². The van der Waals surface area contributed by atoms with E-state index in [0.29, 0.717) is 24.2 Å². The average molecular weight is 593 g/mol. The Kier molecular flexibility index (Phi) is 8.45. The lowest BCUT2D eigenvalue weighted by Crippen LogP contribution is -2.28. The van der Waals surface area contributed by atoms with Crippen molar-refractivity contribution in [2.24, 2.45) is 5.41 Å². The van der Waals surface area contributed by atoms with Crippen LogP contribution in [-0.2, 0) is 29.0 Å². The van der Waals surface area contributed by atoms with Crippen molar-refractivity contribution in [2.45, 2.75) is 45.6 Å². The summed E-state index contributed by atoms with van der Waals surface area (Å²) < 4.78 is 22.1. The van der Waals surface area contributed by atoms with Gasteiger partial charge in [0.1, 0.15) is 5.75 Å². The number of thiophene rings is 1. The number of hydrogen-bond acceptors (Lipinski definition) is 6. The van der Waals surface area contributed by atoms with Crippen LogP contribution in [0.15, 0.2) is 91.1 Å². The van der Waals surface area contributed by atoms with Crippen LogP contribution in [0.25, 0.3) is 20.7 Å². The van der Waals surface area contributed by atoms with Gasteiger partial charge in [-0.2, -0.15) is 0 Å². The summed E-state index contributed by atoms with van der Waals surface area (Å²) in [4.78, 5) is 31.8. The van der Waals surface area contributed by atoms with Gasteiger partial charge in [0, 0.05) is 36.5 Å². The number of ketones is 2. The molecular weight excluding hydrogens is 559 g/mol. The maximum atomic E-state index is 15.3. The quantitative estimate of drug-likeness (QED) is 0.111. The number of fused-ring (bicyclic) bond motifs is 1. The Morgan fingerprint density at radius 1 is 0.884 bits per heavy atom. The summed E-state index contributed by atoms with van der Waals surface area (Å²) in [6.45, 7) is 3.93. The number of hydrogen-bond donors (Lipinski definition) is 1. The number of halogens is 1. The number of aromatic nitrogens is 1. The molecule has 1 fully saturated rings. The van der Waals surface area contributed by atoms with Gasteiger partial charge in [-0.3, -0.25) is 14.6 Å². The van der Waals surface area contributed by atoms with Crippen LogP contribution in [0.4, 0.5) is 4.39 Å². The van der Waals surface area contributed by atoms with Crippen molar-refractivity contribution in [3.8, 4) is 21.9 Å². The van der Waals surface area contributed by atoms with Gasteiger partial charge in [-0.25, -0.2) is 4.39 Å². The molecule has 5 nitrogen and oxygen atoms in total. The first-order valence-corrected chi connectivity index (χ1v) is 15.5. The normalized spacial score (nSPS) is 13.6. The van der Waals surface area contributed by atoms with Crippen molar-refractivity contribution < 1.29 is 18.7 Å². The molecule has 2 heterocycles. The Balaban J connectivity index is 1.15. The van der Waals surface area contributed by atoms with E-state index in [1.54, 1.807) is 35.7 Å². The Hall–Kier alpha value is -4.20. The van der Waals surface area contributed by atoms with Crippen LogP contribution in [0.5, 0.6) is 11.5 Å². The van der Waals surface area contributed by atoms with E-state index < -0.39 is 11.2 Å². The van der Waals surface area contributed by atoms with Crippen LogP contribution in [0.2, 0.25) is 0 Å². The lowest BCUT2D eigenvalue weighted by molar-refractivity contribution is -0.133. The van der Waals surface area contributed by atoms with Gasteiger partial charge in [0.2, 0.25) is 0 Å². The minimum Gasteiger partial charge on any atom is -0.453 e. The topological polar surface area (TPSA) is 68.3 Å². The van der Waals surface area contributed by atoms with Gasteiger partial charge in [0.05, 0.1) is 15.6 Å². The molecule has 0 saturated heterocycles. The van der Waals surface area contributed by atoms with E-state index in [1.807, 2.05) is 36.4 Å². The first-order chi connectivity index (χ1) is 20.9. The fourth-order valence-corrected chi connectivity index (χ4v) is 6.44. The van der Waals surface area contributed by atoms with Gasteiger partial charge in [-0.1, -0.05) is 61.5 Å². The summed E-state index contributed by atoms with van der Waals surface area (Å²) >= 11 is 1.56. The lowest BCUT2D eigenvalue weighted by atomic mass is 9.88. The number of carbonyl (C=O) groups is 2. The number of nitrogens with one attached hydrogen (secondary N) is 1. The zero-order valence-corrected chi connectivity index (χ0v) is 24.9. The number of rotatable bonds is 13. The Labute approximate surface area is 254 Å². The Morgan fingerprint density at radius 3 is 2.40 bits per heavy atom. The Bertz CT molecular complexity index is 1780. The molecule has 0 bridgehead atoms. The summed E-state index contributed by atoms with van der Waals surface area (Å²) in [5.41, 5.74) is 3.58. The highest BCUT2D eigenvalue weighted by Crippen LogP contribution is 2.49. The minimum absolute atomic E-state index is 0.0124. The number of pyridine rings is 1. The number of benzene rings is 3. The molecule has 218 valence electrons. The highest BCUT2D eigenvalue weighted by atomic mass is 32.1. The second-order valence-electron chi connectivity index (χ2n) is 11.1.